The molecule has 14 rings (SSSR count). The number of hydrogen-bond acceptors (Lipinski definition) is 4. The summed E-state index contributed by atoms with van der Waals surface area (Å²) in [6.07, 6.45) is 7.03. The zero-order valence-corrected chi connectivity index (χ0v) is 44.0. The molecule has 4 nitrogen and oxygen atoms in total. The van der Waals surface area contributed by atoms with E-state index in [9.17, 15) is 0 Å². The first-order valence-corrected chi connectivity index (χ1v) is 26.7. The molecule has 3 aliphatic heterocycles. The van der Waals surface area contributed by atoms with Gasteiger partial charge in [0.25, 0.3) is 0 Å². The summed E-state index contributed by atoms with van der Waals surface area (Å²) < 4.78 is 15.0. The highest BCUT2D eigenvalue weighted by Gasteiger charge is 2.64. The van der Waals surface area contributed by atoms with Gasteiger partial charge in [0.15, 0.2) is 0 Å². The minimum atomic E-state index is -0.175. The van der Waals surface area contributed by atoms with Crippen LogP contribution in [0.15, 0.2) is 124 Å². The summed E-state index contributed by atoms with van der Waals surface area (Å²) in [5, 5.41) is 4.73. The lowest BCUT2D eigenvalue weighted by Gasteiger charge is -2.55. The van der Waals surface area contributed by atoms with Crippen molar-refractivity contribution in [3.05, 3.63) is 143 Å². The molecule has 0 N–H and O–H groups in total. The summed E-state index contributed by atoms with van der Waals surface area (Å²) >= 11 is 0. The quantitative estimate of drug-likeness (QED) is 0.162. The molecule has 1 fully saturated rings. The van der Waals surface area contributed by atoms with Crippen LogP contribution in [-0.2, 0) is 27.1 Å². The maximum atomic E-state index is 7.67. The standard InChI is InChI=1S/C66H67BN2O2/c1-61(2,3)39-24-26-50(43(32-39)38-20-14-13-15-21-38)68-51-27-25-42-44-35-47-48(64(9,10)31-30-63(47,7)8)37-54(44)71-60(42)57(51)67-56-52(68)36-45-41-22-16-17-23-53(41)70-59(45)55(56)46-33-40(62(4,5)6)34-49-58(46)69(67)66(12)29-19-18-28-65(49,66)11/h13-17,20-27,32-37H,18-19,28-31H2,1-12H3. The second kappa shape index (κ2) is 13.8. The third-order valence-electron chi connectivity index (χ3n) is 19.2. The average Bonchev–Trinajstić information content (AvgIpc) is 3.96. The molecular weight excluding hydrogens is 864 g/mol. The van der Waals surface area contributed by atoms with E-state index < -0.39 is 0 Å². The van der Waals surface area contributed by atoms with Crippen molar-refractivity contribution in [1.82, 2.24) is 0 Å². The van der Waals surface area contributed by atoms with Crippen LogP contribution in [0.3, 0.4) is 0 Å². The largest absolute Gasteiger partial charge is 0.456 e. The second-order valence-electron chi connectivity index (χ2n) is 26.2. The monoisotopic (exact) mass is 931 g/mol. The van der Waals surface area contributed by atoms with Gasteiger partial charge in [-0.1, -0.05) is 150 Å². The Bertz CT molecular complexity index is 3800. The number of para-hydroxylation sites is 1. The molecule has 2 aliphatic carbocycles. The van der Waals surface area contributed by atoms with Gasteiger partial charge < -0.3 is 18.5 Å². The Kier molecular flexibility index (Phi) is 8.50. The minimum absolute atomic E-state index is 0.0481. The molecule has 2 unspecified atom stereocenters. The summed E-state index contributed by atoms with van der Waals surface area (Å²) in [5.74, 6) is 0. The molecule has 5 heteroatoms. The van der Waals surface area contributed by atoms with Gasteiger partial charge >= 0.3 is 6.85 Å². The number of rotatable bonds is 2. The summed E-state index contributed by atoms with van der Waals surface area (Å²) in [6.45, 7) is 29.0. The number of nitrogens with zero attached hydrogens (tertiary/aromatic N) is 2. The predicted octanol–water partition coefficient (Wildman–Crippen LogP) is 17.1. The summed E-state index contributed by atoms with van der Waals surface area (Å²) in [5.41, 5.74) is 23.2. The van der Waals surface area contributed by atoms with Gasteiger partial charge in [-0.2, -0.15) is 0 Å². The van der Waals surface area contributed by atoms with Crippen LogP contribution in [0, 0.1) is 0 Å². The van der Waals surface area contributed by atoms with E-state index in [0.29, 0.717) is 0 Å². The summed E-state index contributed by atoms with van der Waals surface area (Å²) in [4.78, 5) is 5.60. The van der Waals surface area contributed by atoms with E-state index in [1.807, 2.05) is 0 Å². The molecule has 71 heavy (non-hydrogen) atoms. The molecule has 7 aromatic carbocycles. The molecule has 0 amide bonds. The molecule has 0 saturated heterocycles. The Hall–Kier alpha value is -6.20. The predicted molar refractivity (Wildman–Crippen MR) is 301 cm³/mol. The lowest BCUT2D eigenvalue weighted by molar-refractivity contribution is 0.199. The molecule has 0 spiro atoms. The van der Waals surface area contributed by atoms with E-state index in [4.69, 9.17) is 8.83 Å². The Morgan fingerprint density at radius 3 is 1.90 bits per heavy atom. The van der Waals surface area contributed by atoms with Crippen molar-refractivity contribution in [3.63, 3.8) is 0 Å². The normalized spacial score (nSPS) is 21.7. The van der Waals surface area contributed by atoms with E-state index >= 15 is 0 Å². The van der Waals surface area contributed by atoms with Crippen LogP contribution in [0.4, 0.5) is 22.7 Å². The Balaban J connectivity index is 1.19. The van der Waals surface area contributed by atoms with Crippen molar-refractivity contribution < 1.29 is 8.83 Å². The minimum Gasteiger partial charge on any atom is -0.456 e. The Labute approximate surface area is 420 Å². The number of furan rings is 2. The van der Waals surface area contributed by atoms with E-state index in [1.165, 1.54) is 108 Å². The highest BCUT2D eigenvalue weighted by molar-refractivity contribution is 6.95. The van der Waals surface area contributed by atoms with E-state index in [-0.39, 0.29) is 39.5 Å². The van der Waals surface area contributed by atoms with Crippen molar-refractivity contribution in [3.8, 4) is 22.3 Å². The molecule has 356 valence electrons. The molecule has 0 radical (unpaired) electrons. The lowest BCUT2D eigenvalue weighted by atomic mass is 9.42. The van der Waals surface area contributed by atoms with Gasteiger partial charge in [0, 0.05) is 71.7 Å². The first kappa shape index (κ1) is 43.6. The van der Waals surface area contributed by atoms with Crippen molar-refractivity contribution in [1.29, 1.82) is 0 Å². The van der Waals surface area contributed by atoms with Crippen LogP contribution < -0.4 is 20.6 Å². The first-order valence-electron chi connectivity index (χ1n) is 26.7. The third kappa shape index (κ3) is 5.64. The highest BCUT2D eigenvalue weighted by atomic mass is 16.3. The third-order valence-corrected chi connectivity index (χ3v) is 19.2. The van der Waals surface area contributed by atoms with E-state index in [1.54, 1.807) is 0 Å². The Morgan fingerprint density at radius 1 is 0.493 bits per heavy atom. The van der Waals surface area contributed by atoms with Gasteiger partial charge in [-0.25, -0.2) is 0 Å². The fraction of sp³-hybridized carbons (Fsp3) is 0.364. The fourth-order valence-electron chi connectivity index (χ4n) is 14.7. The molecule has 0 bridgehead atoms. The smallest absolute Gasteiger partial charge is 0.332 e. The highest BCUT2D eigenvalue weighted by Crippen LogP contribution is 2.65. The van der Waals surface area contributed by atoms with Crippen LogP contribution in [0.5, 0.6) is 0 Å². The van der Waals surface area contributed by atoms with Crippen molar-refractivity contribution in [2.75, 3.05) is 9.71 Å². The first-order chi connectivity index (χ1) is 33.7. The van der Waals surface area contributed by atoms with Crippen LogP contribution in [0.1, 0.15) is 149 Å². The van der Waals surface area contributed by atoms with Crippen molar-refractivity contribution in [2.24, 2.45) is 0 Å². The molecule has 5 aliphatic rings. The van der Waals surface area contributed by atoms with Gasteiger partial charge in [0.05, 0.1) is 5.69 Å². The van der Waals surface area contributed by atoms with Gasteiger partial charge in [-0.15, -0.1) is 0 Å². The molecule has 2 atom stereocenters. The van der Waals surface area contributed by atoms with Crippen molar-refractivity contribution in [2.45, 2.75) is 154 Å². The Morgan fingerprint density at radius 2 is 1.15 bits per heavy atom. The van der Waals surface area contributed by atoms with Crippen LogP contribution in [0.2, 0.25) is 0 Å². The van der Waals surface area contributed by atoms with Crippen LogP contribution in [-0.4, -0.2) is 12.4 Å². The second-order valence-corrected chi connectivity index (χ2v) is 26.2. The number of hydrogen-bond donors (Lipinski definition) is 0. The summed E-state index contributed by atoms with van der Waals surface area (Å²) in [7, 11) is 0. The van der Waals surface area contributed by atoms with Crippen LogP contribution in [0.25, 0.3) is 66.1 Å². The number of benzene rings is 7. The van der Waals surface area contributed by atoms with E-state index in [2.05, 4.69) is 208 Å². The topological polar surface area (TPSA) is 32.8 Å². The van der Waals surface area contributed by atoms with Gasteiger partial charge in [-0.05, 0) is 148 Å². The lowest BCUT2D eigenvalue weighted by Crippen LogP contribution is -2.70. The maximum absolute atomic E-state index is 7.67. The van der Waals surface area contributed by atoms with Gasteiger partial charge in [-0.3, -0.25) is 0 Å². The zero-order chi connectivity index (χ0) is 49.1. The molecule has 5 heterocycles. The molecule has 9 aromatic rings. The molecular formula is C66H67BN2O2. The van der Waals surface area contributed by atoms with Gasteiger partial charge in [0.1, 0.15) is 22.3 Å². The maximum Gasteiger partial charge on any atom is 0.332 e. The number of anilines is 4. The average molecular weight is 931 g/mol. The molecule has 1 saturated carbocycles. The molecule has 2 aromatic heterocycles. The van der Waals surface area contributed by atoms with E-state index in [0.717, 1.165) is 58.1 Å². The zero-order valence-electron chi connectivity index (χ0n) is 44.0. The SMILES string of the molecule is CC(C)(C)c1ccc(N2c3cc4c(oc5ccccc54)c4c3B(c3c2ccc2c3oc3cc5c(cc32)C(C)(C)CCC5(C)C)N2c3c-4cc(C(C)(C)C)cc3C3(C)CCCCC23C)c(-c2ccccc2)c1. The van der Waals surface area contributed by atoms with Crippen LogP contribution >= 0.6 is 0 Å². The summed E-state index contributed by atoms with van der Waals surface area (Å²) in [6, 6.07) is 44.6. The fourth-order valence-corrected chi connectivity index (χ4v) is 14.7. The van der Waals surface area contributed by atoms with Gasteiger partial charge in [0.2, 0.25) is 0 Å². The number of fused-ring (bicyclic) bond motifs is 16. The van der Waals surface area contributed by atoms with Crippen molar-refractivity contribution >= 4 is 84.4 Å².